The van der Waals surface area contributed by atoms with Gasteiger partial charge in [0.15, 0.2) is 0 Å². The van der Waals surface area contributed by atoms with Crippen LogP contribution in [0.1, 0.15) is 28.4 Å². The van der Waals surface area contributed by atoms with Gasteiger partial charge >= 0.3 is 0 Å². The Kier molecular flexibility index (Phi) is 4.74. The molecule has 0 aliphatic heterocycles. The molecule has 2 aromatic carbocycles. The van der Waals surface area contributed by atoms with Crippen LogP contribution in [0.3, 0.4) is 0 Å². The number of rotatable bonds is 3. The molecule has 0 radical (unpaired) electrons. The number of hydrogen-bond acceptors (Lipinski definition) is 2. The molecule has 20 heavy (non-hydrogen) atoms. The van der Waals surface area contributed by atoms with E-state index in [4.69, 9.17) is 16.3 Å². The molecule has 0 aromatic heterocycles. The van der Waals surface area contributed by atoms with Crippen molar-refractivity contribution in [3.63, 3.8) is 0 Å². The summed E-state index contributed by atoms with van der Waals surface area (Å²) in [5.41, 5.74) is 3.61. The van der Waals surface area contributed by atoms with Crippen LogP contribution in [0.2, 0.25) is 5.02 Å². The molecule has 0 fully saturated rings. The van der Waals surface area contributed by atoms with Crippen LogP contribution in [0.4, 0.5) is 0 Å². The average molecular weight is 356 g/mol. The Morgan fingerprint density at radius 3 is 2.50 bits per heavy atom. The minimum Gasteiger partial charge on any atom is -0.496 e. The van der Waals surface area contributed by atoms with Crippen molar-refractivity contribution >= 4 is 27.5 Å². The highest BCUT2D eigenvalue weighted by atomic mass is 79.9. The standard InChI is InChI=1S/C16H16BrClO2/c1-9-6-10(2)15(14(7-9)20-3)16(19)11-4-5-12(17)13(18)8-11/h4-8,16,19H,1-3H3. The summed E-state index contributed by atoms with van der Waals surface area (Å²) < 4.78 is 6.21. The molecule has 1 N–H and O–H groups in total. The third kappa shape index (κ3) is 3.00. The van der Waals surface area contributed by atoms with Gasteiger partial charge in [-0.15, -0.1) is 0 Å². The van der Waals surface area contributed by atoms with E-state index in [1.165, 1.54) is 0 Å². The zero-order valence-electron chi connectivity index (χ0n) is 11.6. The summed E-state index contributed by atoms with van der Waals surface area (Å²) >= 11 is 9.44. The van der Waals surface area contributed by atoms with Crippen molar-refractivity contribution in [2.45, 2.75) is 20.0 Å². The minimum atomic E-state index is -0.767. The maximum atomic E-state index is 10.6. The van der Waals surface area contributed by atoms with Crippen LogP contribution in [0.25, 0.3) is 0 Å². The van der Waals surface area contributed by atoms with E-state index >= 15 is 0 Å². The highest BCUT2D eigenvalue weighted by Crippen LogP contribution is 2.35. The molecule has 0 bridgehead atoms. The Morgan fingerprint density at radius 2 is 1.90 bits per heavy atom. The highest BCUT2D eigenvalue weighted by Gasteiger charge is 2.19. The number of aliphatic hydroxyl groups is 1. The predicted molar refractivity (Wildman–Crippen MR) is 85.7 cm³/mol. The summed E-state index contributed by atoms with van der Waals surface area (Å²) in [5, 5.41) is 11.2. The Balaban J connectivity index is 2.52. The van der Waals surface area contributed by atoms with Gasteiger partial charge in [0, 0.05) is 10.0 Å². The molecule has 1 unspecified atom stereocenters. The van der Waals surface area contributed by atoms with Crippen molar-refractivity contribution in [1.82, 2.24) is 0 Å². The van der Waals surface area contributed by atoms with E-state index in [2.05, 4.69) is 15.9 Å². The summed E-state index contributed by atoms with van der Waals surface area (Å²) in [5.74, 6) is 0.689. The van der Waals surface area contributed by atoms with Gasteiger partial charge in [-0.3, -0.25) is 0 Å². The van der Waals surface area contributed by atoms with Crippen LogP contribution in [0, 0.1) is 13.8 Å². The first-order valence-electron chi connectivity index (χ1n) is 6.22. The number of benzene rings is 2. The van der Waals surface area contributed by atoms with E-state index in [0.29, 0.717) is 10.8 Å². The number of halogens is 2. The molecular formula is C16H16BrClO2. The molecule has 0 aliphatic rings. The molecule has 0 saturated carbocycles. The highest BCUT2D eigenvalue weighted by molar-refractivity contribution is 9.10. The van der Waals surface area contributed by atoms with Crippen LogP contribution >= 0.6 is 27.5 Å². The SMILES string of the molecule is COc1cc(C)cc(C)c1C(O)c1ccc(Br)c(Cl)c1. The number of methoxy groups -OCH3 is 1. The van der Waals surface area contributed by atoms with E-state index in [0.717, 1.165) is 26.7 Å². The van der Waals surface area contributed by atoms with Gasteiger partial charge in [-0.1, -0.05) is 23.7 Å². The van der Waals surface area contributed by atoms with Crippen molar-refractivity contribution in [3.8, 4) is 5.75 Å². The van der Waals surface area contributed by atoms with Gasteiger partial charge < -0.3 is 9.84 Å². The molecular weight excluding hydrogens is 340 g/mol. The van der Waals surface area contributed by atoms with Crippen molar-refractivity contribution in [2.75, 3.05) is 7.11 Å². The van der Waals surface area contributed by atoms with Crippen LogP contribution in [-0.2, 0) is 0 Å². The normalized spacial score (nSPS) is 12.3. The lowest BCUT2D eigenvalue weighted by molar-refractivity contribution is 0.214. The van der Waals surface area contributed by atoms with Crippen LogP contribution in [0.5, 0.6) is 5.75 Å². The van der Waals surface area contributed by atoms with Crippen molar-refractivity contribution in [3.05, 3.63) is 62.1 Å². The molecule has 0 amide bonds. The summed E-state index contributed by atoms with van der Waals surface area (Å²) in [4.78, 5) is 0. The number of ether oxygens (including phenoxy) is 1. The fourth-order valence-corrected chi connectivity index (χ4v) is 2.74. The molecule has 2 rings (SSSR count). The Hall–Kier alpha value is -1.03. The zero-order chi connectivity index (χ0) is 14.9. The predicted octanol–water partition coefficient (Wildman–Crippen LogP) is 4.81. The van der Waals surface area contributed by atoms with Gasteiger partial charge in [-0.2, -0.15) is 0 Å². The van der Waals surface area contributed by atoms with Gasteiger partial charge in [0.05, 0.1) is 12.1 Å². The summed E-state index contributed by atoms with van der Waals surface area (Å²) in [7, 11) is 1.61. The second kappa shape index (κ2) is 6.17. The molecule has 0 saturated heterocycles. The fraction of sp³-hybridized carbons (Fsp3) is 0.250. The van der Waals surface area contributed by atoms with Gasteiger partial charge in [0.1, 0.15) is 11.9 Å². The average Bonchev–Trinajstić information content (AvgIpc) is 2.40. The second-order valence-electron chi connectivity index (χ2n) is 4.77. The van der Waals surface area contributed by atoms with Crippen molar-refractivity contribution in [2.24, 2.45) is 0 Å². The number of aliphatic hydroxyl groups excluding tert-OH is 1. The second-order valence-corrected chi connectivity index (χ2v) is 6.04. The van der Waals surface area contributed by atoms with Crippen LogP contribution in [-0.4, -0.2) is 12.2 Å². The molecule has 4 heteroatoms. The Labute approximate surface area is 132 Å². The minimum absolute atomic E-state index is 0.574. The monoisotopic (exact) mass is 354 g/mol. The molecule has 1 atom stereocenters. The van der Waals surface area contributed by atoms with Crippen molar-refractivity contribution < 1.29 is 9.84 Å². The van der Waals surface area contributed by atoms with E-state index in [-0.39, 0.29) is 0 Å². The van der Waals surface area contributed by atoms with Gasteiger partial charge in [0.2, 0.25) is 0 Å². The number of aryl methyl sites for hydroxylation is 2. The van der Waals surface area contributed by atoms with E-state index < -0.39 is 6.10 Å². The fourth-order valence-electron chi connectivity index (χ4n) is 2.31. The molecule has 106 valence electrons. The molecule has 0 heterocycles. The van der Waals surface area contributed by atoms with Crippen molar-refractivity contribution in [1.29, 1.82) is 0 Å². The maximum Gasteiger partial charge on any atom is 0.125 e. The summed E-state index contributed by atoms with van der Waals surface area (Å²) in [6.45, 7) is 3.97. The van der Waals surface area contributed by atoms with E-state index in [9.17, 15) is 5.11 Å². The van der Waals surface area contributed by atoms with E-state index in [1.807, 2.05) is 38.1 Å². The van der Waals surface area contributed by atoms with Crippen LogP contribution < -0.4 is 4.74 Å². The smallest absolute Gasteiger partial charge is 0.125 e. The molecule has 0 aliphatic carbocycles. The maximum absolute atomic E-state index is 10.6. The Morgan fingerprint density at radius 1 is 1.20 bits per heavy atom. The molecule has 0 spiro atoms. The molecule has 2 aromatic rings. The number of hydrogen-bond donors (Lipinski definition) is 1. The zero-order valence-corrected chi connectivity index (χ0v) is 13.9. The largest absolute Gasteiger partial charge is 0.496 e. The molecule has 2 nitrogen and oxygen atoms in total. The van der Waals surface area contributed by atoms with Gasteiger partial charge in [0.25, 0.3) is 0 Å². The van der Waals surface area contributed by atoms with Crippen LogP contribution in [0.15, 0.2) is 34.8 Å². The lowest BCUT2D eigenvalue weighted by Gasteiger charge is -2.19. The van der Waals surface area contributed by atoms with Gasteiger partial charge in [-0.25, -0.2) is 0 Å². The lowest BCUT2D eigenvalue weighted by Crippen LogP contribution is -2.05. The quantitative estimate of drug-likeness (QED) is 0.856. The van der Waals surface area contributed by atoms with Gasteiger partial charge in [-0.05, 0) is 64.7 Å². The first-order valence-corrected chi connectivity index (χ1v) is 7.39. The lowest BCUT2D eigenvalue weighted by atomic mass is 9.95. The topological polar surface area (TPSA) is 29.5 Å². The summed E-state index contributed by atoms with van der Waals surface area (Å²) in [6.07, 6.45) is -0.767. The van der Waals surface area contributed by atoms with E-state index in [1.54, 1.807) is 13.2 Å². The Bertz CT molecular complexity index is 641. The first kappa shape index (κ1) is 15.4. The third-order valence-electron chi connectivity index (χ3n) is 3.25. The first-order chi connectivity index (χ1) is 9.43. The third-order valence-corrected chi connectivity index (χ3v) is 4.48. The summed E-state index contributed by atoms with van der Waals surface area (Å²) in [6, 6.07) is 9.39.